The molecule has 27 heavy (non-hydrogen) atoms. The molecule has 1 aliphatic heterocycles. The maximum Gasteiger partial charge on any atom is 0.162 e. The predicted molar refractivity (Wildman–Crippen MR) is 105 cm³/mol. The van der Waals surface area contributed by atoms with Crippen LogP contribution in [0.4, 0.5) is 0 Å². The van der Waals surface area contributed by atoms with E-state index in [9.17, 15) is 10.4 Å². The third kappa shape index (κ3) is 3.28. The van der Waals surface area contributed by atoms with Gasteiger partial charge in [-0.1, -0.05) is 78.9 Å². The van der Waals surface area contributed by atoms with Gasteiger partial charge in [0.05, 0.1) is 17.8 Å². The van der Waals surface area contributed by atoms with Crippen LogP contribution in [0.1, 0.15) is 35.2 Å². The smallest absolute Gasteiger partial charge is 0.162 e. The van der Waals surface area contributed by atoms with E-state index in [0.29, 0.717) is 12.0 Å². The lowest BCUT2D eigenvalue weighted by atomic mass is 9.96. The summed E-state index contributed by atoms with van der Waals surface area (Å²) >= 11 is 0. The Hall–Kier alpha value is -3.58. The number of aromatic hydroxyl groups is 1. The van der Waals surface area contributed by atoms with E-state index < -0.39 is 6.04 Å². The summed E-state index contributed by atoms with van der Waals surface area (Å²) in [6, 6.07) is 28.7. The first-order chi connectivity index (χ1) is 13.3. The van der Waals surface area contributed by atoms with Crippen LogP contribution in [0, 0.1) is 11.3 Å². The molecule has 1 aliphatic rings. The maximum absolute atomic E-state index is 10.3. The molecule has 0 aromatic heterocycles. The molecule has 1 heterocycles. The van der Waals surface area contributed by atoms with Crippen LogP contribution < -0.4 is 0 Å². The highest BCUT2D eigenvalue weighted by atomic mass is 16.3. The van der Waals surface area contributed by atoms with E-state index in [4.69, 9.17) is 5.10 Å². The van der Waals surface area contributed by atoms with E-state index in [1.807, 2.05) is 59.6 Å². The Balaban J connectivity index is 1.78. The van der Waals surface area contributed by atoms with Crippen molar-refractivity contribution in [3.05, 3.63) is 102 Å². The Labute approximate surface area is 158 Å². The Kier molecular flexibility index (Phi) is 4.59. The lowest BCUT2D eigenvalue weighted by Crippen LogP contribution is -2.24. The second-order valence-electron chi connectivity index (χ2n) is 6.51. The number of phenols is 1. The second-order valence-corrected chi connectivity index (χ2v) is 6.51. The first kappa shape index (κ1) is 16.9. The molecule has 0 radical (unpaired) electrons. The molecule has 2 atom stereocenters. The van der Waals surface area contributed by atoms with Crippen molar-refractivity contribution in [2.45, 2.75) is 18.5 Å². The van der Waals surface area contributed by atoms with Gasteiger partial charge in [0.2, 0.25) is 0 Å². The van der Waals surface area contributed by atoms with Gasteiger partial charge in [0.25, 0.3) is 0 Å². The number of benzene rings is 3. The van der Waals surface area contributed by atoms with Crippen molar-refractivity contribution in [3.8, 4) is 11.8 Å². The molecule has 4 heteroatoms. The average molecular weight is 353 g/mol. The fourth-order valence-corrected chi connectivity index (χ4v) is 3.51. The molecule has 0 bridgehead atoms. The molecule has 0 saturated carbocycles. The molecular weight excluding hydrogens is 334 g/mol. The monoisotopic (exact) mass is 353 g/mol. The van der Waals surface area contributed by atoms with Crippen molar-refractivity contribution in [1.29, 1.82) is 5.26 Å². The highest BCUT2D eigenvalue weighted by Crippen LogP contribution is 2.40. The van der Waals surface area contributed by atoms with Crippen molar-refractivity contribution in [2.75, 3.05) is 0 Å². The maximum atomic E-state index is 10.3. The zero-order valence-corrected chi connectivity index (χ0v) is 14.7. The summed E-state index contributed by atoms with van der Waals surface area (Å²) in [5.41, 5.74) is 3.66. The molecule has 1 N–H and O–H groups in total. The number of hydrazone groups is 1. The molecule has 132 valence electrons. The lowest BCUT2D eigenvalue weighted by molar-refractivity contribution is 0.194. The first-order valence-corrected chi connectivity index (χ1v) is 8.91. The van der Waals surface area contributed by atoms with Gasteiger partial charge in [-0.25, -0.2) is 0 Å². The quantitative estimate of drug-likeness (QED) is 0.732. The molecule has 4 rings (SSSR count). The summed E-state index contributed by atoms with van der Waals surface area (Å²) in [5.74, 6) is 0.110. The molecule has 3 aromatic rings. The van der Waals surface area contributed by atoms with E-state index in [1.54, 1.807) is 18.2 Å². The van der Waals surface area contributed by atoms with Crippen LogP contribution in [0.25, 0.3) is 0 Å². The van der Waals surface area contributed by atoms with Crippen LogP contribution in [0.5, 0.6) is 5.75 Å². The van der Waals surface area contributed by atoms with Crippen molar-refractivity contribution in [3.63, 3.8) is 0 Å². The van der Waals surface area contributed by atoms with E-state index >= 15 is 0 Å². The number of rotatable bonds is 4. The molecule has 0 fully saturated rings. The molecular formula is C23H19N3O. The highest BCUT2D eigenvalue weighted by Gasteiger charge is 2.35. The van der Waals surface area contributed by atoms with Gasteiger partial charge in [0.15, 0.2) is 6.04 Å². The van der Waals surface area contributed by atoms with Crippen molar-refractivity contribution < 1.29 is 5.11 Å². The summed E-state index contributed by atoms with van der Waals surface area (Å²) in [6.45, 7) is 0. The van der Waals surface area contributed by atoms with Gasteiger partial charge in [-0.05, 0) is 17.2 Å². The molecule has 0 aliphatic carbocycles. The standard InChI is InChI=1S/C23H19N3O/c24-16-22(19-13-7-8-14-23(19)27)26-21(18-11-5-2-6-12-18)15-20(25-26)17-9-3-1-4-10-17/h1-14,21-22,27H,15H2/t21-,22+/m0/s1. The summed E-state index contributed by atoms with van der Waals surface area (Å²) in [5, 5.41) is 26.8. The summed E-state index contributed by atoms with van der Waals surface area (Å²) in [6.07, 6.45) is 0.708. The van der Waals surface area contributed by atoms with E-state index in [0.717, 1.165) is 16.8 Å². The Bertz CT molecular complexity index is 993. The molecule has 0 unspecified atom stereocenters. The van der Waals surface area contributed by atoms with E-state index in [1.165, 1.54) is 0 Å². The third-order valence-electron chi connectivity index (χ3n) is 4.85. The lowest BCUT2D eigenvalue weighted by Gasteiger charge is -2.28. The van der Waals surface area contributed by atoms with Crippen LogP contribution in [-0.2, 0) is 0 Å². The van der Waals surface area contributed by atoms with Crippen LogP contribution in [0.15, 0.2) is 90.0 Å². The summed E-state index contributed by atoms with van der Waals surface area (Å²) in [4.78, 5) is 0. The fraction of sp³-hybridized carbons (Fsp3) is 0.130. The Morgan fingerprint density at radius 1 is 0.926 bits per heavy atom. The minimum atomic E-state index is -0.669. The van der Waals surface area contributed by atoms with Crippen LogP contribution in [0.2, 0.25) is 0 Å². The van der Waals surface area contributed by atoms with E-state index in [2.05, 4.69) is 18.2 Å². The molecule has 0 spiro atoms. The molecule has 0 saturated heterocycles. The van der Waals surface area contributed by atoms with Crippen LogP contribution in [-0.4, -0.2) is 15.8 Å². The van der Waals surface area contributed by atoms with Crippen LogP contribution in [0.3, 0.4) is 0 Å². The van der Waals surface area contributed by atoms with Crippen molar-refractivity contribution >= 4 is 5.71 Å². The number of para-hydroxylation sites is 1. The van der Waals surface area contributed by atoms with Gasteiger partial charge in [0.1, 0.15) is 5.75 Å². The fourth-order valence-electron chi connectivity index (χ4n) is 3.51. The van der Waals surface area contributed by atoms with Crippen molar-refractivity contribution in [2.24, 2.45) is 5.10 Å². The topological polar surface area (TPSA) is 59.6 Å². The largest absolute Gasteiger partial charge is 0.508 e. The number of hydrogen-bond donors (Lipinski definition) is 1. The highest BCUT2D eigenvalue weighted by molar-refractivity contribution is 6.01. The molecule has 4 nitrogen and oxygen atoms in total. The van der Waals surface area contributed by atoms with Crippen LogP contribution >= 0.6 is 0 Å². The van der Waals surface area contributed by atoms with Gasteiger partial charge in [-0.3, -0.25) is 5.01 Å². The predicted octanol–water partition coefficient (Wildman–Crippen LogP) is 4.81. The molecule has 3 aromatic carbocycles. The molecule has 0 amide bonds. The zero-order chi connectivity index (χ0) is 18.6. The SMILES string of the molecule is N#C[C@H](c1ccccc1O)N1N=C(c2ccccc2)C[C@H]1c1ccccc1. The number of nitrogens with zero attached hydrogens (tertiary/aromatic N) is 3. The minimum absolute atomic E-state index is 0.0642. The summed E-state index contributed by atoms with van der Waals surface area (Å²) < 4.78 is 0. The van der Waals surface area contributed by atoms with E-state index in [-0.39, 0.29) is 11.8 Å². The van der Waals surface area contributed by atoms with Gasteiger partial charge in [-0.2, -0.15) is 10.4 Å². The second kappa shape index (κ2) is 7.35. The third-order valence-corrected chi connectivity index (χ3v) is 4.85. The minimum Gasteiger partial charge on any atom is -0.508 e. The van der Waals surface area contributed by atoms with Gasteiger partial charge in [-0.15, -0.1) is 0 Å². The van der Waals surface area contributed by atoms with Gasteiger partial charge in [0, 0.05) is 12.0 Å². The first-order valence-electron chi connectivity index (χ1n) is 8.91. The zero-order valence-electron chi connectivity index (χ0n) is 14.7. The van der Waals surface area contributed by atoms with Gasteiger partial charge >= 0.3 is 0 Å². The number of phenolic OH excluding ortho intramolecular Hbond substituents is 1. The normalized spacial score (nSPS) is 17.2. The number of hydrogen-bond acceptors (Lipinski definition) is 4. The Morgan fingerprint density at radius 2 is 1.56 bits per heavy atom. The number of nitriles is 1. The van der Waals surface area contributed by atoms with Gasteiger partial charge < -0.3 is 5.11 Å². The van der Waals surface area contributed by atoms with Crippen molar-refractivity contribution in [1.82, 2.24) is 5.01 Å². The average Bonchev–Trinajstić information content (AvgIpc) is 3.16. The summed E-state index contributed by atoms with van der Waals surface area (Å²) in [7, 11) is 0. The Morgan fingerprint density at radius 3 is 2.22 bits per heavy atom.